The predicted octanol–water partition coefficient (Wildman–Crippen LogP) is 3.80. The highest BCUT2D eigenvalue weighted by molar-refractivity contribution is 5.68. The van der Waals surface area contributed by atoms with Crippen molar-refractivity contribution in [1.29, 1.82) is 5.26 Å². The SMILES string of the molecule is Cc1cc(CC(NC(=O)OC(C)(C)C)c2ncc(-c3ccc(C#N)cc3)[nH]2)nn1C. The summed E-state index contributed by atoms with van der Waals surface area (Å²) >= 11 is 0. The van der Waals surface area contributed by atoms with E-state index in [-0.39, 0.29) is 0 Å². The van der Waals surface area contributed by atoms with Crippen molar-refractivity contribution in [2.24, 2.45) is 7.05 Å². The van der Waals surface area contributed by atoms with Crippen molar-refractivity contribution in [3.63, 3.8) is 0 Å². The van der Waals surface area contributed by atoms with Crippen molar-refractivity contribution in [2.75, 3.05) is 0 Å². The molecule has 0 fully saturated rings. The van der Waals surface area contributed by atoms with Crippen molar-refractivity contribution in [3.8, 4) is 17.3 Å². The average molecular weight is 406 g/mol. The van der Waals surface area contributed by atoms with Crippen LogP contribution in [0.4, 0.5) is 4.79 Å². The first kappa shape index (κ1) is 21.1. The number of amides is 1. The molecule has 2 N–H and O–H groups in total. The fraction of sp³-hybridized carbons (Fsp3) is 0.364. The van der Waals surface area contributed by atoms with E-state index in [1.807, 2.05) is 52.9 Å². The van der Waals surface area contributed by atoms with Crippen LogP contribution in [0.15, 0.2) is 36.5 Å². The van der Waals surface area contributed by atoms with Crippen LogP contribution in [0.1, 0.15) is 49.6 Å². The topological polar surface area (TPSA) is 109 Å². The van der Waals surface area contributed by atoms with E-state index in [2.05, 4.69) is 26.5 Å². The smallest absolute Gasteiger partial charge is 0.408 e. The number of nitrogens with zero attached hydrogens (tertiary/aromatic N) is 4. The molecule has 3 aromatic rings. The van der Waals surface area contributed by atoms with Gasteiger partial charge in [0.15, 0.2) is 0 Å². The molecule has 0 saturated heterocycles. The Morgan fingerprint density at radius 1 is 1.33 bits per heavy atom. The van der Waals surface area contributed by atoms with Gasteiger partial charge in [0.2, 0.25) is 0 Å². The Bertz CT molecular complexity index is 1050. The molecule has 0 radical (unpaired) electrons. The van der Waals surface area contributed by atoms with Crippen molar-refractivity contribution in [3.05, 3.63) is 59.3 Å². The maximum atomic E-state index is 12.4. The van der Waals surface area contributed by atoms with Crippen molar-refractivity contribution in [2.45, 2.75) is 45.8 Å². The van der Waals surface area contributed by atoms with Gasteiger partial charge in [-0.2, -0.15) is 10.4 Å². The van der Waals surface area contributed by atoms with Gasteiger partial charge < -0.3 is 15.0 Å². The molecule has 0 aliphatic heterocycles. The number of aromatic nitrogens is 4. The van der Waals surface area contributed by atoms with E-state index in [0.29, 0.717) is 17.8 Å². The third kappa shape index (κ3) is 5.26. The molecule has 0 spiro atoms. The predicted molar refractivity (Wildman–Crippen MR) is 112 cm³/mol. The molecule has 0 saturated carbocycles. The Labute approximate surface area is 175 Å². The van der Waals surface area contributed by atoms with Gasteiger partial charge in [-0.1, -0.05) is 12.1 Å². The molecule has 1 unspecified atom stereocenters. The molecule has 1 aromatic carbocycles. The molecule has 8 nitrogen and oxygen atoms in total. The number of aromatic amines is 1. The van der Waals surface area contributed by atoms with Crippen LogP contribution < -0.4 is 5.32 Å². The van der Waals surface area contributed by atoms with E-state index in [0.717, 1.165) is 22.6 Å². The minimum atomic E-state index is -0.604. The summed E-state index contributed by atoms with van der Waals surface area (Å²) in [5, 5.41) is 16.4. The number of carbonyl (C=O) groups excluding carboxylic acids is 1. The van der Waals surface area contributed by atoms with Gasteiger partial charge >= 0.3 is 6.09 Å². The quantitative estimate of drug-likeness (QED) is 0.670. The van der Waals surface area contributed by atoms with E-state index < -0.39 is 17.7 Å². The molecule has 0 aliphatic carbocycles. The summed E-state index contributed by atoms with van der Waals surface area (Å²) in [5.74, 6) is 0.600. The number of aryl methyl sites for hydroxylation is 2. The number of hydrogen-bond acceptors (Lipinski definition) is 5. The first-order valence-electron chi connectivity index (χ1n) is 9.69. The average Bonchev–Trinajstić information content (AvgIpc) is 3.27. The summed E-state index contributed by atoms with van der Waals surface area (Å²) in [6, 6.07) is 10.9. The lowest BCUT2D eigenvalue weighted by Crippen LogP contribution is -2.36. The number of rotatable bonds is 5. The number of carbonyl (C=O) groups is 1. The summed E-state index contributed by atoms with van der Waals surface area (Å²) in [7, 11) is 1.88. The molecule has 30 heavy (non-hydrogen) atoms. The fourth-order valence-corrected chi connectivity index (χ4v) is 2.99. The van der Waals surface area contributed by atoms with E-state index in [1.54, 1.807) is 23.0 Å². The third-order valence-corrected chi connectivity index (χ3v) is 4.52. The summed E-state index contributed by atoms with van der Waals surface area (Å²) in [6.45, 7) is 7.43. The van der Waals surface area contributed by atoms with E-state index in [4.69, 9.17) is 10.00 Å². The van der Waals surface area contributed by atoms with Crippen LogP contribution in [0.25, 0.3) is 11.3 Å². The molecular formula is C22H26N6O2. The standard InChI is InChI=1S/C22H26N6O2/c1-14-10-17(27-28(14)5)11-18(26-21(29)30-22(2,3)4)20-24-13-19(25-20)16-8-6-15(12-23)7-9-16/h6-10,13,18H,11H2,1-5H3,(H,24,25)(H,26,29). The molecule has 156 valence electrons. The number of nitriles is 1. The van der Waals surface area contributed by atoms with Gasteiger partial charge in [-0.05, 0) is 51.5 Å². The Morgan fingerprint density at radius 3 is 2.60 bits per heavy atom. The second-order valence-electron chi connectivity index (χ2n) is 8.17. The molecule has 1 amide bonds. The molecule has 2 heterocycles. The zero-order valence-corrected chi connectivity index (χ0v) is 17.9. The molecule has 8 heteroatoms. The number of ether oxygens (including phenoxy) is 1. The Hall–Kier alpha value is -3.60. The van der Waals surface area contributed by atoms with Crippen LogP contribution in [0, 0.1) is 18.3 Å². The highest BCUT2D eigenvalue weighted by atomic mass is 16.6. The third-order valence-electron chi connectivity index (χ3n) is 4.52. The zero-order valence-electron chi connectivity index (χ0n) is 17.9. The van der Waals surface area contributed by atoms with Gasteiger partial charge in [0, 0.05) is 19.2 Å². The van der Waals surface area contributed by atoms with Gasteiger partial charge in [-0.3, -0.25) is 4.68 Å². The molecular weight excluding hydrogens is 380 g/mol. The highest BCUT2D eigenvalue weighted by Crippen LogP contribution is 2.22. The Kier molecular flexibility index (Phi) is 5.92. The van der Waals surface area contributed by atoms with E-state index in [1.165, 1.54) is 0 Å². The van der Waals surface area contributed by atoms with Crippen molar-refractivity contribution < 1.29 is 9.53 Å². The number of alkyl carbamates (subject to hydrolysis) is 1. The van der Waals surface area contributed by atoms with Crippen LogP contribution >= 0.6 is 0 Å². The molecule has 1 atom stereocenters. The molecule has 3 rings (SSSR count). The van der Waals surface area contributed by atoms with Gasteiger partial charge in [-0.15, -0.1) is 0 Å². The van der Waals surface area contributed by atoms with Gasteiger partial charge in [-0.25, -0.2) is 9.78 Å². The lowest BCUT2D eigenvalue weighted by Gasteiger charge is -2.22. The molecule has 2 aromatic heterocycles. The van der Waals surface area contributed by atoms with Crippen molar-refractivity contribution >= 4 is 6.09 Å². The summed E-state index contributed by atoms with van der Waals surface area (Å²) < 4.78 is 7.22. The summed E-state index contributed by atoms with van der Waals surface area (Å²) in [4.78, 5) is 20.2. The summed E-state index contributed by atoms with van der Waals surface area (Å²) in [6.07, 6.45) is 1.65. The Balaban J connectivity index is 1.86. The largest absolute Gasteiger partial charge is 0.444 e. The molecule has 0 bridgehead atoms. The second kappa shape index (κ2) is 8.41. The monoisotopic (exact) mass is 406 g/mol. The minimum absolute atomic E-state index is 0.443. The first-order chi connectivity index (χ1) is 14.1. The number of imidazole rings is 1. The Morgan fingerprint density at radius 2 is 2.03 bits per heavy atom. The van der Waals surface area contributed by atoms with E-state index in [9.17, 15) is 4.79 Å². The van der Waals surface area contributed by atoms with Crippen molar-refractivity contribution in [1.82, 2.24) is 25.1 Å². The number of H-pyrrole nitrogens is 1. The van der Waals surface area contributed by atoms with Crippen LogP contribution in [0.3, 0.4) is 0 Å². The number of benzene rings is 1. The van der Waals surface area contributed by atoms with Crippen LogP contribution in [-0.4, -0.2) is 31.4 Å². The zero-order chi connectivity index (χ0) is 21.9. The van der Waals surface area contributed by atoms with Gasteiger partial charge in [0.1, 0.15) is 11.4 Å². The van der Waals surface area contributed by atoms with Gasteiger partial charge in [0.05, 0.1) is 35.3 Å². The normalized spacial score (nSPS) is 12.3. The molecule has 0 aliphatic rings. The summed E-state index contributed by atoms with van der Waals surface area (Å²) in [5.41, 5.74) is 3.55. The lowest BCUT2D eigenvalue weighted by molar-refractivity contribution is 0.0501. The van der Waals surface area contributed by atoms with Gasteiger partial charge in [0.25, 0.3) is 0 Å². The second-order valence-corrected chi connectivity index (χ2v) is 8.17. The van der Waals surface area contributed by atoms with Crippen LogP contribution in [-0.2, 0) is 18.2 Å². The van der Waals surface area contributed by atoms with E-state index >= 15 is 0 Å². The maximum absolute atomic E-state index is 12.4. The minimum Gasteiger partial charge on any atom is -0.444 e. The number of hydrogen-bond donors (Lipinski definition) is 2. The van der Waals surface area contributed by atoms with Crippen LogP contribution in [0.2, 0.25) is 0 Å². The first-order valence-corrected chi connectivity index (χ1v) is 9.69. The number of nitrogens with one attached hydrogen (secondary N) is 2. The lowest BCUT2D eigenvalue weighted by atomic mass is 10.1. The fourth-order valence-electron chi connectivity index (χ4n) is 2.99. The highest BCUT2D eigenvalue weighted by Gasteiger charge is 2.24. The van der Waals surface area contributed by atoms with Crippen LogP contribution in [0.5, 0.6) is 0 Å². The maximum Gasteiger partial charge on any atom is 0.408 e.